The van der Waals surface area contributed by atoms with E-state index in [1.54, 1.807) is 0 Å². The lowest BCUT2D eigenvalue weighted by Gasteiger charge is -2.43. The molecule has 4 N–H and O–H groups in total. The molecule has 0 bridgehead atoms. The third kappa shape index (κ3) is 19.9. The first-order chi connectivity index (χ1) is 68.6. The average molecular weight is 1910 g/mol. The van der Waals surface area contributed by atoms with Crippen LogP contribution < -0.4 is 40.9 Å². The van der Waals surface area contributed by atoms with Crippen LogP contribution in [0.5, 0.6) is 0 Å². The van der Waals surface area contributed by atoms with Crippen LogP contribution in [0.1, 0.15) is 171 Å². The maximum atomic E-state index is 5.64. The van der Waals surface area contributed by atoms with E-state index in [0.29, 0.717) is 42.1 Å². The highest BCUT2D eigenvalue weighted by Crippen LogP contribution is 2.49. The van der Waals surface area contributed by atoms with E-state index in [9.17, 15) is 0 Å². The maximum absolute atomic E-state index is 5.64. The molecule has 5 saturated heterocycles. The fourth-order valence-corrected chi connectivity index (χ4v) is 24.1. The minimum absolute atomic E-state index is 0. The first kappa shape index (κ1) is 95.0. The Kier molecular flexibility index (Phi) is 27.9. The normalized spacial score (nSPS) is 24.1. The lowest BCUT2D eigenvalue weighted by molar-refractivity contribution is 0.0315. The largest absolute Gasteiger partial charge is 0.381 e. The number of anilines is 12. The summed E-state index contributed by atoms with van der Waals surface area (Å²) in [5.74, 6) is 6.55. The van der Waals surface area contributed by atoms with Crippen molar-refractivity contribution in [3.63, 3.8) is 0 Å². The van der Waals surface area contributed by atoms with Crippen molar-refractivity contribution >= 4 is 138 Å². The predicted molar refractivity (Wildman–Crippen MR) is 565 cm³/mol. The van der Waals surface area contributed by atoms with Gasteiger partial charge < -0.3 is 97.8 Å². The van der Waals surface area contributed by atoms with Crippen molar-refractivity contribution in [2.75, 3.05) is 221 Å². The number of nitrogens with zero attached hydrogens (tertiary/aromatic N) is 27. The average Bonchev–Trinajstić information content (AvgIpc) is 1.57. The number of allylic oxidation sites excluding steroid dienone is 2. The number of piperazine rings is 4. The lowest BCUT2D eigenvalue weighted by Crippen LogP contribution is -2.48. The van der Waals surface area contributed by atoms with E-state index in [4.69, 9.17) is 54.1 Å². The highest BCUT2D eigenvalue weighted by atomic mass is 16.5. The quantitative estimate of drug-likeness (QED) is 0.0741. The number of likely N-dealkylation sites (tertiary alicyclic amines) is 1. The number of hydrogen-bond acceptors (Lipinski definition) is 30. The second-order valence-corrected chi connectivity index (χ2v) is 41.4. The van der Waals surface area contributed by atoms with Crippen molar-refractivity contribution in [1.82, 2.24) is 103 Å². The first-order valence-corrected chi connectivity index (χ1v) is 51.5. The van der Waals surface area contributed by atoms with E-state index in [1.165, 1.54) is 74.1 Å². The number of hydrogen-bond donors (Lipinski definition) is 4. The van der Waals surface area contributed by atoms with Gasteiger partial charge in [-0.15, -0.1) is 0 Å². The number of nitrogens with one attached hydrogen (secondary N) is 4. The molecule has 0 amide bonds. The van der Waals surface area contributed by atoms with Gasteiger partial charge >= 0.3 is 0 Å². The van der Waals surface area contributed by atoms with E-state index < -0.39 is 0 Å². The van der Waals surface area contributed by atoms with Gasteiger partial charge in [-0.2, -0.15) is 19.9 Å². The zero-order valence-electron chi connectivity index (χ0n) is 82.7. The van der Waals surface area contributed by atoms with Gasteiger partial charge in [0.25, 0.3) is 0 Å². The molecule has 12 aromatic rings. The summed E-state index contributed by atoms with van der Waals surface area (Å²) in [6.07, 6.45) is 52.7. The number of pyridine rings is 4. The Bertz CT molecular complexity index is 5970. The fraction of sp³-hybridized carbons (Fsp3) is 0.533. The van der Waals surface area contributed by atoms with Crippen molar-refractivity contribution in [2.24, 2.45) is 9.98 Å². The number of likely N-dealkylation sites (N-methyl/N-ethyl adjacent to an activating group) is 4. The van der Waals surface area contributed by atoms with Crippen LogP contribution in [-0.4, -0.2) is 313 Å². The molecule has 12 aromatic heterocycles. The minimum Gasteiger partial charge on any atom is -0.381 e. The van der Waals surface area contributed by atoms with Crippen LogP contribution in [0.2, 0.25) is 0 Å². The van der Waals surface area contributed by atoms with Crippen molar-refractivity contribution in [3.05, 3.63) is 157 Å². The van der Waals surface area contributed by atoms with Gasteiger partial charge in [0, 0.05) is 203 Å². The van der Waals surface area contributed by atoms with Crippen molar-refractivity contribution in [1.29, 1.82) is 0 Å². The number of ether oxygens (including phenoxy) is 3. The van der Waals surface area contributed by atoms with Gasteiger partial charge in [-0.1, -0.05) is 38.8 Å². The summed E-state index contributed by atoms with van der Waals surface area (Å²) in [7, 11) is 14.2. The summed E-state index contributed by atoms with van der Waals surface area (Å²) in [4.78, 5) is 88.5. The molecule has 9 fully saturated rings. The van der Waals surface area contributed by atoms with Crippen LogP contribution in [0.25, 0.3) is 56.3 Å². The summed E-state index contributed by atoms with van der Waals surface area (Å²) < 4.78 is 26.8. The molecule has 34 heteroatoms. The van der Waals surface area contributed by atoms with E-state index in [1.807, 2.05) is 101 Å². The molecule has 21 heterocycles. The van der Waals surface area contributed by atoms with Crippen LogP contribution in [0.15, 0.2) is 145 Å². The van der Waals surface area contributed by atoms with Gasteiger partial charge in [-0.05, 0) is 235 Å². The smallest absolute Gasteiger partial charge is 0.230 e. The van der Waals surface area contributed by atoms with Gasteiger partial charge in [0.1, 0.15) is 51.7 Å². The monoisotopic (exact) mass is 1910 g/mol. The fourth-order valence-electron chi connectivity index (χ4n) is 24.1. The molecule has 4 spiro atoms. The molecule has 0 radical (unpaired) electrons. The molecule has 742 valence electrons. The first-order valence-electron chi connectivity index (χ1n) is 51.5. The number of fused-ring (bicyclic) bond motifs is 16. The van der Waals surface area contributed by atoms with Gasteiger partial charge in [-0.25, -0.2) is 39.9 Å². The Morgan fingerprint density at radius 1 is 0.312 bits per heavy atom. The SMILES string of the molecule is C.CN1CCN(c2ccc(Nc3ncc4cc5n(c4n3)C3(CCCCC3)CN=C5N3CCCCC3)nc2)CC1.COC1CCC2(CC1)CN=Cc1cc3cnc(Nc4ccc(N5CCN(C)CC5)cn4)nc3n12.COC1CCC2(CC=Cc3cc4cnc(Nc5ccc(N6CCN(C)CC6)cn5)nc4n32)CC1.COC1CCC2(CC=Cc3cc4cnc(Nc5ccc(N6CCN(C)CC6)cn5)nc4n32)CC1. The standard InChI is InChI=1S/C29H39N9.2C26H33N7O.C25H32N8O.CH4/c1-35-14-16-36(17-15-35)23-8-9-25(30-20-23)33-28-31-19-22-18-24-27(37-12-6-3-7-13-37)32-21-29(10-4-2-5-11-29)38(24)26(22)34-28;2*1-31-12-14-32(15-13-31)21-5-6-23(27-18-21)29-25-28-17-19-16-20-4-3-9-26(33(20)24(19)30-25)10-7-22(34-2)8-11-26;1-31-9-11-32(12-10-31)19-3-4-22(27-16-19)29-24-28-14-18-13-20-15-26-17-25(33(20)23(18)30-24)7-5-21(34-2)6-8-25;/h8-9,18-20H,2-7,10-17,21H2,1H3,(H,30,31,33,34);2*3-6,16-18,22H,7-15H2,1-2H3,(H,27,28,29,30);3-4,13-16,21H,5-12,17H2,1-2H3,(H,27,28,29,30);1H4. The second-order valence-electron chi connectivity index (χ2n) is 41.4. The Morgan fingerprint density at radius 2 is 0.631 bits per heavy atom. The van der Waals surface area contributed by atoms with E-state index >= 15 is 0 Å². The third-order valence-corrected chi connectivity index (χ3v) is 32.5. The summed E-state index contributed by atoms with van der Waals surface area (Å²) in [6, 6.07) is 25.5. The van der Waals surface area contributed by atoms with Crippen molar-refractivity contribution in [2.45, 2.75) is 189 Å². The number of amidine groups is 1. The number of aromatic nitrogens is 16. The number of aliphatic imine (C=N–C) groups is 2. The van der Waals surface area contributed by atoms with Gasteiger partial charge in [0.2, 0.25) is 23.8 Å². The minimum atomic E-state index is -0.0328. The molecule has 4 aliphatic carbocycles. The predicted octanol–water partition coefficient (Wildman–Crippen LogP) is 15.9. The van der Waals surface area contributed by atoms with Crippen LogP contribution in [0.4, 0.5) is 69.8 Å². The van der Waals surface area contributed by atoms with E-state index in [2.05, 4.69) is 215 Å². The van der Waals surface area contributed by atoms with E-state index in [0.717, 1.165) is 317 Å². The highest BCUT2D eigenvalue weighted by molar-refractivity contribution is 6.03. The lowest BCUT2D eigenvalue weighted by atomic mass is 9.76. The Labute approximate surface area is 828 Å². The molecule has 13 aliphatic rings. The van der Waals surface area contributed by atoms with Gasteiger partial charge in [-0.3, -0.25) is 9.98 Å². The molecule has 25 rings (SSSR count). The second kappa shape index (κ2) is 41.4. The Balaban J connectivity index is 0.000000111. The summed E-state index contributed by atoms with van der Waals surface area (Å²) in [5, 5.41) is 17.6. The van der Waals surface area contributed by atoms with Gasteiger partial charge in [0.05, 0.1) is 112 Å². The number of piperidine rings is 1. The molecule has 0 atom stereocenters. The zero-order chi connectivity index (χ0) is 94.9. The molecule has 0 unspecified atom stereocenters. The van der Waals surface area contributed by atoms with Crippen molar-refractivity contribution < 1.29 is 14.2 Å². The zero-order valence-corrected chi connectivity index (χ0v) is 82.7. The third-order valence-electron chi connectivity index (χ3n) is 32.5. The topological polar surface area (TPSA) is 304 Å². The molecular weight excluding hydrogens is 1770 g/mol. The van der Waals surface area contributed by atoms with Crippen LogP contribution in [0.3, 0.4) is 0 Å². The molecule has 9 aliphatic heterocycles. The molecular formula is C107H141N31O3. The summed E-state index contributed by atoms with van der Waals surface area (Å²) in [5.41, 5.74) is 13.6. The maximum Gasteiger partial charge on any atom is 0.230 e. The molecule has 4 saturated carbocycles. The highest BCUT2D eigenvalue weighted by Gasteiger charge is 2.46. The molecule has 141 heavy (non-hydrogen) atoms. The Hall–Kier alpha value is -12.2. The summed E-state index contributed by atoms with van der Waals surface area (Å²) >= 11 is 0. The van der Waals surface area contributed by atoms with Crippen LogP contribution in [-0.2, 0) is 36.4 Å². The van der Waals surface area contributed by atoms with Crippen molar-refractivity contribution in [3.8, 4) is 0 Å². The number of rotatable bonds is 15. The van der Waals surface area contributed by atoms with Gasteiger partial charge in [0.15, 0.2) is 0 Å². The summed E-state index contributed by atoms with van der Waals surface area (Å²) in [6.45, 7) is 20.8. The van der Waals surface area contributed by atoms with Crippen LogP contribution >= 0.6 is 0 Å². The number of methoxy groups -OCH3 is 3. The molecule has 0 aromatic carbocycles. The van der Waals surface area contributed by atoms with E-state index in [-0.39, 0.29) is 29.6 Å². The molecule has 34 nitrogen and oxygen atoms in total. The van der Waals surface area contributed by atoms with Crippen LogP contribution in [0, 0.1) is 0 Å². The Morgan fingerprint density at radius 3 is 0.979 bits per heavy atom.